The first-order chi connectivity index (χ1) is 13.1. The summed E-state index contributed by atoms with van der Waals surface area (Å²) in [5.74, 6) is -1.45. The van der Waals surface area contributed by atoms with E-state index in [1.165, 1.54) is 42.3 Å². The highest BCUT2D eigenvalue weighted by molar-refractivity contribution is 7.10. The van der Waals surface area contributed by atoms with Gasteiger partial charge >= 0.3 is 11.8 Å². The minimum atomic E-state index is -1.44. The molecule has 0 saturated carbocycles. The van der Waals surface area contributed by atoms with E-state index >= 15 is 0 Å². The molecule has 27 heavy (non-hydrogen) atoms. The van der Waals surface area contributed by atoms with Gasteiger partial charge in [-0.1, -0.05) is 17.7 Å². The first-order valence-electron chi connectivity index (χ1n) is 9.12. The molecule has 7 heteroatoms. The van der Waals surface area contributed by atoms with Gasteiger partial charge in [0.25, 0.3) is 0 Å². The lowest BCUT2D eigenvalue weighted by atomic mass is 9.94. The topological polar surface area (TPSA) is 91.6 Å². The van der Waals surface area contributed by atoms with Gasteiger partial charge in [-0.25, -0.2) is 0 Å². The van der Waals surface area contributed by atoms with Crippen molar-refractivity contribution in [3.63, 3.8) is 0 Å². The van der Waals surface area contributed by atoms with E-state index in [4.69, 9.17) is 4.42 Å². The molecule has 1 aliphatic rings. The zero-order chi connectivity index (χ0) is 19.1. The average Bonchev–Trinajstić information content (AvgIpc) is 3.41. The van der Waals surface area contributed by atoms with Crippen LogP contribution in [0.15, 0.2) is 52.2 Å². The highest BCUT2D eigenvalue weighted by Gasteiger charge is 2.34. The lowest BCUT2D eigenvalue weighted by molar-refractivity contribution is -0.139. The Balaban J connectivity index is 1.53. The molecular weight excluding hydrogens is 364 g/mol. The number of aliphatic hydroxyl groups is 1. The largest absolute Gasteiger partial charge is 0.472 e. The van der Waals surface area contributed by atoms with E-state index in [0.717, 1.165) is 19.3 Å². The Hall–Kier alpha value is -2.38. The van der Waals surface area contributed by atoms with Crippen LogP contribution in [-0.4, -0.2) is 30.0 Å². The SMILES string of the molecule is O=C(NCCC1=CCCCC1)C(=O)NCC(O)(c1ccoc1)c1cccs1. The maximum Gasteiger partial charge on any atom is 0.309 e. The normalized spacial score (nSPS) is 16.3. The van der Waals surface area contributed by atoms with Gasteiger partial charge in [-0.05, 0) is 49.6 Å². The molecule has 3 N–H and O–H groups in total. The molecule has 0 aromatic carbocycles. The number of allylic oxidation sites excluding steroid dienone is 1. The maximum atomic E-state index is 12.1. The van der Waals surface area contributed by atoms with Crippen molar-refractivity contribution in [2.24, 2.45) is 0 Å². The number of rotatable bonds is 7. The minimum Gasteiger partial charge on any atom is -0.472 e. The van der Waals surface area contributed by atoms with Crippen LogP contribution in [-0.2, 0) is 15.2 Å². The Morgan fingerprint density at radius 1 is 1.22 bits per heavy atom. The Bertz CT molecular complexity index is 747. The number of hydrogen-bond donors (Lipinski definition) is 3. The fraction of sp³-hybridized carbons (Fsp3) is 0.400. The number of furan rings is 1. The van der Waals surface area contributed by atoms with Gasteiger partial charge in [0.2, 0.25) is 0 Å². The van der Waals surface area contributed by atoms with Gasteiger partial charge < -0.3 is 20.2 Å². The molecule has 144 valence electrons. The van der Waals surface area contributed by atoms with Crippen LogP contribution in [0, 0.1) is 0 Å². The third kappa shape index (κ3) is 4.87. The molecule has 1 unspecified atom stereocenters. The lowest BCUT2D eigenvalue weighted by Crippen LogP contribution is -2.46. The smallest absolute Gasteiger partial charge is 0.309 e. The van der Waals surface area contributed by atoms with E-state index in [1.807, 2.05) is 11.4 Å². The third-order valence-corrected chi connectivity index (χ3v) is 5.78. The van der Waals surface area contributed by atoms with E-state index in [-0.39, 0.29) is 6.54 Å². The molecule has 0 radical (unpaired) electrons. The zero-order valence-corrected chi connectivity index (χ0v) is 15.9. The van der Waals surface area contributed by atoms with Crippen LogP contribution in [0.3, 0.4) is 0 Å². The highest BCUT2D eigenvalue weighted by Crippen LogP contribution is 2.32. The summed E-state index contributed by atoms with van der Waals surface area (Å²) in [5.41, 5.74) is 0.424. The quantitative estimate of drug-likeness (QED) is 0.502. The number of nitrogens with one attached hydrogen (secondary N) is 2. The summed E-state index contributed by atoms with van der Waals surface area (Å²) in [4.78, 5) is 24.8. The molecule has 2 heterocycles. The molecule has 0 saturated heterocycles. The minimum absolute atomic E-state index is 0.121. The van der Waals surface area contributed by atoms with E-state index in [0.29, 0.717) is 17.0 Å². The van der Waals surface area contributed by atoms with Crippen molar-refractivity contribution in [2.75, 3.05) is 13.1 Å². The third-order valence-electron chi connectivity index (χ3n) is 4.76. The fourth-order valence-electron chi connectivity index (χ4n) is 3.18. The van der Waals surface area contributed by atoms with Gasteiger partial charge in [-0.2, -0.15) is 0 Å². The number of amides is 2. The first kappa shape index (κ1) is 19.4. The second-order valence-corrected chi connectivity index (χ2v) is 7.59. The number of carbonyl (C=O) groups is 2. The summed E-state index contributed by atoms with van der Waals surface area (Å²) < 4.78 is 5.07. The molecule has 3 rings (SSSR count). The van der Waals surface area contributed by atoms with Crippen LogP contribution in [0.1, 0.15) is 42.5 Å². The van der Waals surface area contributed by atoms with Gasteiger partial charge in [-0.3, -0.25) is 9.59 Å². The molecule has 0 spiro atoms. The predicted molar refractivity (Wildman–Crippen MR) is 103 cm³/mol. The van der Waals surface area contributed by atoms with Crippen molar-refractivity contribution in [2.45, 2.75) is 37.7 Å². The number of hydrogen-bond acceptors (Lipinski definition) is 5. The number of thiophene rings is 1. The van der Waals surface area contributed by atoms with Crippen LogP contribution in [0.2, 0.25) is 0 Å². The molecule has 0 aliphatic heterocycles. The molecule has 0 fully saturated rings. The van der Waals surface area contributed by atoms with Crippen LogP contribution < -0.4 is 10.6 Å². The van der Waals surface area contributed by atoms with Crippen LogP contribution in [0.5, 0.6) is 0 Å². The van der Waals surface area contributed by atoms with Gasteiger partial charge in [0, 0.05) is 17.0 Å². The van der Waals surface area contributed by atoms with E-state index in [2.05, 4.69) is 16.7 Å². The Morgan fingerprint density at radius 2 is 2.07 bits per heavy atom. The Kier molecular flexibility index (Phi) is 6.47. The number of carbonyl (C=O) groups excluding carboxylic acids is 2. The van der Waals surface area contributed by atoms with Crippen molar-refractivity contribution in [1.29, 1.82) is 0 Å². The molecule has 2 amide bonds. The van der Waals surface area contributed by atoms with Gasteiger partial charge in [0.15, 0.2) is 0 Å². The second-order valence-electron chi connectivity index (χ2n) is 6.65. The summed E-state index contributed by atoms with van der Waals surface area (Å²) in [6, 6.07) is 5.24. The lowest BCUT2D eigenvalue weighted by Gasteiger charge is -2.26. The Labute approximate surface area is 162 Å². The van der Waals surface area contributed by atoms with Gasteiger partial charge in [0.1, 0.15) is 5.60 Å². The van der Waals surface area contributed by atoms with Crippen molar-refractivity contribution >= 4 is 23.2 Å². The van der Waals surface area contributed by atoms with Crippen molar-refractivity contribution in [1.82, 2.24) is 10.6 Å². The molecule has 1 aliphatic carbocycles. The summed E-state index contributed by atoms with van der Waals surface area (Å²) in [6.45, 7) is 0.319. The maximum absolute atomic E-state index is 12.1. The molecule has 6 nitrogen and oxygen atoms in total. The summed E-state index contributed by atoms with van der Waals surface area (Å²) in [6.07, 6.45) is 10.5. The van der Waals surface area contributed by atoms with E-state index < -0.39 is 17.4 Å². The van der Waals surface area contributed by atoms with E-state index in [1.54, 1.807) is 12.1 Å². The molecular formula is C20H24N2O4S. The van der Waals surface area contributed by atoms with Crippen molar-refractivity contribution in [3.05, 3.63) is 58.2 Å². The Morgan fingerprint density at radius 3 is 2.74 bits per heavy atom. The summed E-state index contributed by atoms with van der Waals surface area (Å²) >= 11 is 1.37. The van der Waals surface area contributed by atoms with Gasteiger partial charge in [0.05, 0.1) is 19.1 Å². The van der Waals surface area contributed by atoms with E-state index in [9.17, 15) is 14.7 Å². The predicted octanol–water partition coefficient (Wildman–Crippen LogP) is 2.70. The van der Waals surface area contributed by atoms with Crippen LogP contribution >= 0.6 is 11.3 Å². The van der Waals surface area contributed by atoms with Crippen LogP contribution in [0.4, 0.5) is 0 Å². The van der Waals surface area contributed by atoms with Crippen molar-refractivity contribution in [3.8, 4) is 0 Å². The fourth-order valence-corrected chi connectivity index (χ4v) is 4.03. The average molecular weight is 388 g/mol. The summed E-state index contributed by atoms with van der Waals surface area (Å²) in [7, 11) is 0. The highest BCUT2D eigenvalue weighted by atomic mass is 32.1. The molecule has 2 aromatic rings. The standard InChI is InChI=1S/C20H24N2O4S/c23-18(21-10-8-15-5-2-1-3-6-15)19(24)22-14-20(25,16-9-11-26-13-16)17-7-4-12-27-17/h4-5,7,9,11-13,25H,1-3,6,8,10,14H2,(H,21,23)(H,22,24). The molecule has 2 aromatic heterocycles. The van der Waals surface area contributed by atoms with Crippen LogP contribution in [0.25, 0.3) is 0 Å². The second kappa shape index (κ2) is 9.01. The van der Waals surface area contributed by atoms with Crippen molar-refractivity contribution < 1.29 is 19.1 Å². The monoisotopic (exact) mass is 388 g/mol. The first-order valence-corrected chi connectivity index (χ1v) is 10.0. The molecule has 0 bridgehead atoms. The zero-order valence-electron chi connectivity index (χ0n) is 15.1. The summed E-state index contributed by atoms with van der Waals surface area (Å²) in [5, 5.41) is 18.1. The van der Waals surface area contributed by atoms with Gasteiger partial charge in [-0.15, -0.1) is 11.3 Å². The molecule has 1 atom stereocenters.